The van der Waals surface area contributed by atoms with Gasteiger partial charge in [-0.05, 0) is 42.8 Å². The maximum Gasteiger partial charge on any atom is 0.146 e. The van der Waals surface area contributed by atoms with Gasteiger partial charge < -0.3 is 20.3 Å². The highest BCUT2D eigenvalue weighted by atomic mass is 19.1. The molecular weight excluding hydrogens is 317 g/mol. The lowest BCUT2D eigenvalue weighted by Gasteiger charge is -2.33. The number of hydrogen-bond donors (Lipinski definition) is 2. The van der Waals surface area contributed by atoms with Gasteiger partial charge in [0.1, 0.15) is 5.82 Å². The van der Waals surface area contributed by atoms with Gasteiger partial charge in [0, 0.05) is 42.0 Å². The highest BCUT2D eigenvalue weighted by Crippen LogP contribution is 2.47. The number of para-hydroxylation sites is 1. The van der Waals surface area contributed by atoms with E-state index in [0.717, 1.165) is 38.3 Å². The number of fused-ring (bicyclic) bond motifs is 3. The largest absolute Gasteiger partial charge is 0.375 e. The van der Waals surface area contributed by atoms with Gasteiger partial charge in [0.15, 0.2) is 0 Å². The number of hydrogen-bond acceptors (Lipinski definition) is 4. The van der Waals surface area contributed by atoms with Gasteiger partial charge >= 0.3 is 0 Å². The fourth-order valence-corrected chi connectivity index (χ4v) is 4.58. The van der Waals surface area contributed by atoms with Crippen molar-refractivity contribution in [2.45, 2.75) is 25.0 Å². The van der Waals surface area contributed by atoms with Crippen molar-refractivity contribution in [3.63, 3.8) is 0 Å². The van der Waals surface area contributed by atoms with E-state index in [4.69, 9.17) is 4.74 Å². The number of nitrogens with zero attached hydrogens (tertiary/aromatic N) is 1. The van der Waals surface area contributed by atoms with Crippen LogP contribution < -0.4 is 15.5 Å². The lowest BCUT2D eigenvalue weighted by atomic mass is 9.89. The summed E-state index contributed by atoms with van der Waals surface area (Å²) in [4.78, 5) is 2.55. The maximum atomic E-state index is 14.0. The van der Waals surface area contributed by atoms with Crippen LogP contribution in [-0.4, -0.2) is 32.3 Å². The molecule has 2 N–H and O–H groups in total. The number of anilines is 3. The van der Waals surface area contributed by atoms with Crippen LogP contribution in [0.15, 0.2) is 36.4 Å². The zero-order valence-corrected chi connectivity index (χ0v) is 14.1. The Morgan fingerprint density at radius 1 is 1.24 bits per heavy atom. The molecule has 0 spiro atoms. The molecule has 3 aliphatic rings. The Morgan fingerprint density at radius 2 is 2.16 bits per heavy atom. The van der Waals surface area contributed by atoms with Crippen molar-refractivity contribution in [1.82, 2.24) is 5.32 Å². The second-order valence-electron chi connectivity index (χ2n) is 7.09. The summed E-state index contributed by atoms with van der Waals surface area (Å²) in [5.41, 5.74) is 5.39. The Bertz CT molecular complexity index is 810. The molecule has 1 fully saturated rings. The first-order valence-electron chi connectivity index (χ1n) is 9.05. The van der Waals surface area contributed by atoms with E-state index in [0.29, 0.717) is 24.3 Å². The maximum absolute atomic E-state index is 14.0. The predicted molar refractivity (Wildman–Crippen MR) is 97.1 cm³/mol. The van der Waals surface area contributed by atoms with Gasteiger partial charge in [0.05, 0.1) is 18.9 Å². The molecule has 4 nitrogen and oxygen atoms in total. The molecule has 3 aliphatic heterocycles. The standard InChI is InChI=1S/C20H22FN3O/c21-17-3-1-2-4-18(17)23-14-9-13-12-25-8-7-24-19-5-6-22-11-16(19)15(10-14)20(13)24/h1-4,9-10,16,19,22-23H,5-8,11-12H2/t16-,19-/m0/s1. The molecule has 5 heteroatoms. The molecule has 3 heterocycles. The first-order valence-corrected chi connectivity index (χ1v) is 9.05. The van der Waals surface area contributed by atoms with Crippen molar-refractivity contribution in [1.29, 1.82) is 0 Å². The molecule has 0 saturated carbocycles. The molecule has 2 aromatic rings. The molecule has 0 radical (unpaired) electrons. The highest BCUT2D eigenvalue weighted by molar-refractivity contribution is 5.74. The molecular formula is C20H22FN3O. The van der Waals surface area contributed by atoms with Gasteiger partial charge in [-0.25, -0.2) is 4.39 Å². The van der Waals surface area contributed by atoms with Crippen LogP contribution in [0.3, 0.4) is 0 Å². The van der Waals surface area contributed by atoms with E-state index in [1.165, 1.54) is 22.9 Å². The van der Waals surface area contributed by atoms with E-state index in [2.05, 4.69) is 27.7 Å². The van der Waals surface area contributed by atoms with Crippen LogP contribution in [0.25, 0.3) is 0 Å². The molecule has 130 valence electrons. The average Bonchev–Trinajstić information content (AvgIpc) is 2.80. The molecule has 1 saturated heterocycles. The highest BCUT2D eigenvalue weighted by Gasteiger charge is 2.41. The number of piperidine rings is 1. The van der Waals surface area contributed by atoms with E-state index in [1.807, 2.05) is 6.07 Å². The van der Waals surface area contributed by atoms with E-state index in [9.17, 15) is 4.39 Å². The van der Waals surface area contributed by atoms with Gasteiger partial charge in [0.2, 0.25) is 0 Å². The lowest BCUT2D eigenvalue weighted by Crippen LogP contribution is -2.44. The monoisotopic (exact) mass is 339 g/mol. The molecule has 5 rings (SSSR count). The third-order valence-electron chi connectivity index (χ3n) is 5.64. The minimum atomic E-state index is -0.232. The van der Waals surface area contributed by atoms with E-state index < -0.39 is 0 Å². The van der Waals surface area contributed by atoms with Crippen LogP contribution in [0.5, 0.6) is 0 Å². The normalized spacial score (nSPS) is 24.4. The topological polar surface area (TPSA) is 36.5 Å². The number of benzene rings is 2. The van der Waals surface area contributed by atoms with Crippen molar-refractivity contribution in [2.75, 3.05) is 36.5 Å². The van der Waals surface area contributed by atoms with Gasteiger partial charge in [-0.2, -0.15) is 0 Å². The summed E-state index contributed by atoms with van der Waals surface area (Å²) in [6.45, 7) is 4.43. The summed E-state index contributed by atoms with van der Waals surface area (Å²) < 4.78 is 19.9. The number of halogens is 1. The van der Waals surface area contributed by atoms with E-state index in [-0.39, 0.29) is 5.82 Å². The van der Waals surface area contributed by atoms with E-state index >= 15 is 0 Å². The Balaban J connectivity index is 1.58. The fraction of sp³-hybridized carbons (Fsp3) is 0.400. The van der Waals surface area contributed by atoms with Gasteiger partial charge in [0.25, 0.3) is 0 Å². The van der Waals surface area contributed by atoms with Crippen LogP contribution in [0, 0.1) is 5.82 Å². The third-order valence-corrected chi connectivity index (χ3v) is 5.64. The first kappa shape index (κ1) is 15.2. The summed E-state index contributed by atoms with van der Waals surface area (Å²) in [5, 5.41) is 6.80. The van der Waals surface area contributed by atoms with Crippen molar-refractivity contribution in [3.05, 3.63) is 53.3 Å². The number of nitrogens with one attached hydrogen (secondary N) is 2. The summed E-state index contributed by atoms with van der Waals surface area (Å²) in [6.07, 6.45) is 1.16. The molecule has 0 unspecified atom stereocenters. The predicted octanol–water partition coefficient (Wildman–Crippen LogP) is 3.37. The summed E-state index contributed by atoms with van der Waals surface area (Å²) in [7, 11) is 0. The van der Waals surface area contributed by atoms with Crippen molar-refractivity contribution in [3.8, 4) is 0 Å². The molecule has 0 bridgehead atoms. The Hall–Kier alpha value is -2.11. The van der Waals surface area contributed by atoms with Crippen molar-refractivity contribution in [2.24, 2.45) is 0 Å². The van der Waals surface area contributed by atoms with E-state index in [1.54, 1.807) is 12.1 Å². The summed E-state index contributed by atoms with van der Waals surface area (Å²) in [5.74, 6) is 0.270. The first-order chi connectivity index (χ1) is 12.3. The minimum absolute atomic E-state index is 0.232. The number of ether oxygens (including phenoxy) is 1. The van der Waals surface area contributed by atoms with Crippen LogP contribution >= 0.6 is 0 Å². The SMILES string of the molecule is Fc1ccccc1Nc1cc2c3c(c1)[C@@H]1CNCC[C@@H]1N3CCOC2. The van der Waals surface area contributed by atoms with Crippen LogP contribution in [0.1, 0.15) is 23.5 Å². The molecule has 25 heavy (non-hydrogen) atoms. The molecule has 2 aromatic carbocycles. The summed E-state index contributed by atoms with van der Waals surface area (Å²) in [6, 6.07) is 11.7. The molecule has 0 amide bonds. The fourth-order valence-electron chi connectivity index (χ4n) is 4.58. The average molecular weight is 339 g/mol. The van der Waals surface area contributed by atoms with Crippen LogP contribution in [0.4, 0.5) is 21.5 Å². The Kier molecular flexibility index (Phi) is 3.64. The zero-order valence-electron chi connectivity index (χ0n) is 14.1. The van der Waals surface area contributed by atoms with Crippen molar-refractivity contribution < 1.29 is 9.13 Å². The molecule has 0 aliphatic carbocycles. The van der Waals surface area contributed by atoms with Crippen LogP contribution in [-0.2, 0) is 11.3 Å². The Morgan fingerprint density at radius 3 is 3.08 bits per heavy atom. The zero-order chi connectivity index (χ0) is 16.8. The van der Waals surface area contributed by atoms with Gasteiger partial charge in [-0.3, -0.25) is 0 Å². The summed E-state index contributed by atoms with van der Waals surface area (Å²) >= 11 is 0. The lowest BCUT2D eigenvalue weighted by molar-refractivity contribution is 0.130. The Labute approximate surface area is 147 Å². The second kappa shape index (κ2) is 6.00. The van der Waals surface area contributed by atoms with Crippen molar-refractivity contribution >= 4 is 17.1 Å². The second-order valence-corrected chi connectivity index (χ2v) is 7.09. The number of rotatable bonds is 2. The minimum Gasteiger partial charge on any atom is -0.375 e. The molecule has 0 aromatic heterocycles. The smallest absolute Gasteiger partial charge is 0.146 e. The third kappa shape index (κ3) is 2.50. The van der Waals surface area contributed by atoms with Gasteiger partial charge in [-0.1, -0.05) is 12.1 Å². The van der Waals surface area contributed by atoms with Crippen LogP contribution in [0.2, 0.25) is 0 Å². The molecule has 2 atom stereocenters. The quantitative estimate of drug-likeness (QED) is 0.880. The van der Waals surface area contributed by atoms with Gasteiger partial charge in [-0.15, -0.1) is 0 Å².